The molecule has 16 nitrogen and oxygen atoms in total. The van der Waals surface area contributed by atoms with E-state index in [1.807, 2.05) is 0 Å². The minimum atomic E-state index is -2.93. The van der Waals surface area contributed by atoms with Gasteiger partial charge in [0.25, 0.3) is 0 Å². The van der Waals surface area contributed by atoms with E-state index in [2.05, 4.69) is 9.47 Å². The third kappa shape index (κ3) is 10.5. The molecule has 0 heterocycles. The van der Waals surface area contributed by atoms with Crippen molar-refractivity contribution in [3.63, 3.8) is 0 Å². The summed E-state index contributed by atoms with van der Waals surface area (Å²) >= 11 is 0. The molecule has 0 saturated heterocycles. The van der Waals surface area contributed by atoms with E-state index in [0.29, 0.717) is 0 Å². The number of ether oxygens (including phenoxy) is 2. The van der Waals surface area contributed by atoms with Crippen molar-refractivity contribution in [2.24, 2.45) is 0 Å². The predicted octanol–water partition coefficient (Wildman–Crippen LogP) is -6.70. The Labute approximate surface area is 250 Å². The minimum absolute atomic E-state index is 0. The Bertz CT molecular complexity index is 609. The van der Waals surface area contributed by atoms with Crippen molar-refractivity contribution in [3.05, 3.63) is 0 Å². The average Bonchev–Trinajstić information content (AvgIpc) is 2.60. The van der Waals surface area contributed by atoms with Gasteiger partial charge in [-0.15, -0.1) is 0 Å². The second-order valence-electron chi connectivity index (χ2n) is 4.85. The van der Waals surface area contributed by atoms with Crippen LogP contribution in [0.25, 0.3) is 0 Å². The molecule has 8 N–H and O–H groups in total. The van der Waals surface area contributed by atoms with Crippen LogP contribution in [-0.2, 0) is 38.2 Å². The first-order valence-corrected chi connectivity index (χ1v) is 6.76. The zero-order chi connectivity index (χ0) is 22.3. The van der Waals surface area contributed by atoms with Crippen molar-refractivity contribution in [1.29, 1.82) is 0 Å². The number of hydrogen-bond acceptors (Lipinski definition) is 12. The van der Waals surface area contributed by atoms with Crippen LogP contribution in [0.3, 0.4) is 0 Å². The summed E-state index contributed by atoms with van der Waals surface area (Å²) in [4.78, 5) is 66.1. The molecule has 0 fully saturated rings. The standard InChI is InChI=1S/C12H14O16.2K.2H/c13-1(7(17)18)3(15)11(25)27-5(9(21)22)6(10(23)24)28-12(26)4(16)2(14)8(19)20;;;;/h1-6,13-16H,(H,17,18)(H,19,20)(H,21,22)(H,23,24);;;;. The third-order valence-electron chi connectivity index (χ3n) is 2.84. The molecule has 30 heavy (non-hydrogen) atoms. The van der Waals surface area contributed by atoms with Gasteiger partial charge in [-0.1, -0.05) is 0 Å². The Hall–Kier alpha value is -0.0673. The van der Waals surface area contributed by atoms with Gasteiger partial charge in [-0.05, 0) is 0 Å². The molecule has 0 aliphatic rings. The van der Waals surface area contributed by atoms with Crippen molar-refractivity contribution in [1.82, 2.24) is 0 Å². The Balaban J connectivity index is -0.00000364. The van der Waals surface area contributed by atoms with Crippen molar-refractivity contribution in [2.45, 2.75) is 36.6 Å². The molecular weight excluding hydrogens is 478 g/mol. The van der Waals surface area contributed by atoms with Crippen LogP contribution in [0.15, 0.2) is 0 Å². The molecule has 0 aliphatic heterocycles. The molecule has 0 aromatic rings. The fourth-order valence-corrected chi connectivity index (χ4v) is 1.40. The summed E-state index contributed by atoms with van der Waals surface area (Å²) in [7, 11) is 0. The van der Waals surface area contributed by atoms with Crippen molar-refractivity contribution in [3.8, 4) is 0 Å². The molecule has 0 amide bonds. The van der Waals surface area contributed by atoms with Crippen LogP contribution >= 0.6 is 0 Å². The third-order valence-corrected chi connectivity index (χ3v) is 2.84. The predicted molar refractivity (Wildman–Crippen MR) is 88.6 cm³/mol. The molecule has 6 unspecified atom stereocenters. The van der Waals surface area contributed by atoms with Gasteiger partial charge in [0.2, 0.25) is 12.2 Å². The topological polar surface area (TPSA) is 283 Å². The van der Waals surface area contributed by atoms with E-state index in [1.54, 1.807) is 0 Å². The molecule has 0 saturated carbocycles. The second-order valence-corrected chi connectivity index (χ2v) is 4.85. The van der Waals surface area contributed by atoms with Crippen molar-refractivity contribution >= 4 is 139 Å². The van der Waals surface area contributed by atoms with Crippen LogP contribution in [0.5, 0.6) is 0 Å². The molecule has 0 rings (SSSR count). The van der Waals surface area contributed by atoms with Crippen LogP contribution in [0, 0.1) is 0 Å². The number of carbonyl (C=O) groups excluding carboxylic acids is 2. The van der Waals surface area contributed by atoms with Crippen molar-refractivity contribution in [2.75, 3.05) is 0 Å². The Kier molecular flexibility index (Phi) is 18.1. The van der Waals surface area contributed by atoms with E-state index < -0.39 is 72.4 Å². The zero-order valence-electron chi connectivity index (χ0n) is 13.3. The van der Waals surface area contributed by atoms with E-state index >= 15 is 0 Å². The molecule has 0 spiro atoms. The maximum atomic E-state index is 11.5. The molecule has 18 heteroatoms. The molecule has 0 aromatic heterocycles. The summed E-state index contributed by atoms with van der Waals surface area (Å²) in [6.07, 6.45) is -17.1. The fraction of sp³-hybridized carbons (Fsp3) is 0.500. The van der Waals surface area contributed by atoms with E-state index in [9.17, 15) is 39.0 Å². The normalized spacial score (nSPS) is 16.0. The summed E-state index contributed by atoms with van der Waals surface area (Å²) in [5.41, 5.74) is 0. The van der Waals surface area contributed by atoms with Crippen LogP contribution < -0.4 is 0 Å². The van der Waals surface area contributed by atoms with E-state index in [4.69, 9.17) is 30.6 Å². The number of carboxylic acids is 4. The van der Waals surface area contributed by atoms with Gasteiger partial charge in [-0.3, -0.25) is 0 Å². The number of hydrogen-bond donors (Lipinski definition) is 8. The number of carbonyl (C=O) groups is 6. The van der Waals surface area contributed by atoms with Gasteiger partial charge in [0.1, 0.15) is 0 Å². The number of rotatable bonds is 11. The number of carboxylic acid groups (broad SMARTS) is 4. The van der Waals surface area contributed by atoms with E-state index in [1.165, 1.54) is 0 Å². The summed E-state index contributed by atoms with van der Waals surface area (Å²) < 4.78 is 8.05. The van der Waals surface area contributed by atoms with E-state index in [-0.39, 0.29) is 103 Å². The Morgan fingerprint density at radius 3 is 0.867 bits per heavy atom. The average molecular weight is 494 g/mol. The fourth-order valence-electron chi connectivity index (χ4n) is 1.40. The SMILES string of the molecule is O=C(O)C(O)C(O)C(=O)OC(C(=O)O)C(OC(=O)C(O)C(O)C(=O)O)C(=O)O.[KH].[KH]. The first-order chi connectivity index (χ1) is 12.7. The molecular formula is C12H16K2O16. The van der Waals surface area contributed by atoms with Gasteiger partial charge in [0.05, 0.1) is 0 Å². The van der Waals surface area contributed by atoms with Gasteiger partial charge in [-0.2, -0.15) is 0 Å². The molecule has 6 atom stereocenters. The van der Waals surface area contributed by atoms with Gasteiger partial charge >= 0.3 is 139 Å². The molecule has 0 aliphatic carbocycles. The summed E-state index contributed by atoms with van der Waals surface area (Å²) in [5, 5.41) is 71.1. The summed E-state index contributed by atoms with van der Waals surface area (Å²) in [5.74, 6) is -13.1. The van der Waals surface area contributed by atoms with E-state index in [0.717, 1.165) is 0 Å². The number of aliphatic carboxylic acids is 4. The first-order valence-electron chi connectivity index (χ1n) is 6.76. The first kappa shape index (κ1) is 34.5. The van der Waals surface area contributed by atoms with Crippen LogP contribution in [0.2, 0.25) is 0 Å². The Morgan fingerprint density at radius 1 is 0.467 bits per heavy atom. The van der Waals surface area contributed by atoms with Gasteiger partial charge in [0.15, 0.2) is 24.4 Å². The molecule has 0 aromatic carbocycles. The molecule has 0 bridgehead atoms. The number of aliphatic hydroxyl groups is 4. The van der Waals surface area contributed by atoms with Crippen LogP contribution in [-0.4, -0.2) is 216 Å². The quantitative estimate of drug-likeness (QED) is 0.0978. The second kappa shape index (κ2) is 15.7. The summed E-state index contributed by atoms with van der Waals surface area (Å²) in [6.45, 7) is 0. The van der Waals surface area contributed by atoms with Crippen LogP contribution in [0.4, 0.5) is 0 Å². The maximum absolute atomic E-state index is 11.5. The zero-order valence-corrected chi connectivity index (χ0v) is 13.3. The summed E-state index contributed by atoms with van der Waals surface area (Å²) in [6, 6.07) is 0. The van der Waals surface area contributed by atoms with Gasteiger partial charge in [0, 0.05) is 0 Å². The van der Waals surface area contributed by atoms with Crippen LogP contribution in [0.1, 0.15) is 0 Å². The number of aliphatic hydroxyl groups excluding tert-OH is 4. The molecule has 0 radical (unpaired) electrons. The van der Waals surface area contributed by atoms with Gasteiger partial charge in [-0.25, -0.2) is 28.8 Å². The van der Waals surface area contributed by atoms with Gasteiger partial charge < -0.3 is 50.3 Å². The molecule has 162 valence electrons. The van der Waals surface area contributed by atoms with Crippen molar-refractivity contribution < 1.29 is 79.1 Å². The Morgan fingerprint density at radius 2 is 0.700 bits per heavy atom. The number of esters is 2. The monoisotopic (exact) mass is 494 g/mol.